The first-order valence-corrected chi connectivity index (χ1v) is 8.33. The van der Waals surface area contributed by atoms with E-state index in [1.54, 1.807) is 4.68 Å². The molecule has 0 bridgehead atoms. The molecule has 22 heavy (non-hydrogen) atoms. The van der Waals surface area contributed by atoms with Crippen molar-refractivity contribution < 1.29 is 4.79 Å². The van der Waals surface area contributed by atoms with Gasteiger partial charge < -0.3 is 5.32 Å². The molecule has 1 N–H and O–H groups in total. The molecule has 6 nitrogen and oxygen atoms in total. The maximum Gasteiger partial charge on any atom is 0.233 e. The van der Waals surface area contributed by atoms with E-state index in [-0.39, 0.29) is 11.2 Å². The highest BCUT2D eigenvalue weighted by molar-refractivity contribution is 8.00. The highest BCUT2D eigenvalue weighted by Crippen LogP contribution is 2.26. The summed E-state index contributed by atoms with van der Waals surface area (Å²) in [4.78, 5) is 12.0. The number of hydrogen-bond donors (Lipinski definition) is 1. The molecule has 2 aromatic rings. The molecule has 0 radical (unpaired) electrons. The number of hydrogen-bond acceptors (Lipinski definition) is 5. The van der Waals surface area contributed by atoms with Gasteiger partial charge in [-0.15, -0.1) is 10.2 Å². The highest BCUT2D eigenvalue weighted by Gasteiger charge is 2.22. The van der Waals surface area contributed by atoms with Gasteiger partial charge >= 0.3 is 0 Å². The second-order valence-electron chi connectivity index (χ2n) is 5.46. The van der Waals surface area contributed by atoms with Gasteiger partial charge in [-0.05, 0) is 44.9 Å². The van der Waals surface area contributed by atoms with Crippen molar-refractivity contribution in [1.29, 1.82) is 0 Å². The molecular weight excluding hydrogens is 298 g/mol. The Morgan fingerprint density at radius 3 is 2.82 bits per heavy atom. The number of amides is 1. The van der Waals surface area contributed by atoms with E-state index in [0.29, 0.717) is 5.82 Å². The average Bonchev–Trinajstić information content (AvgIpc) is 2.71. The Labute approximate surface area is 133 Å². The van der Waals surface area contributed by atoms with Gasteiger partial charge in [0, 0.05) is 12.2 Å². The van der Waals surface area contributed by atoms with Gasteiger partial charge in [0.15, 0.2) is 5.82 Å². The Morgan fingerprint density at radius 2 is 2.14 bits per heavy atom. The summed E-state index contributed by atoms with van der Waals surface area (Å²) in [5.74, 6) is 0.798. The summed E-state index contributed by atoms with van der Waals surface area (Å²) < 4.78 is 1.77. The molecule has 0 spiro atoms. The number of aryl methyl sites for hydroxylation is 2. The summed E-state index contributed by atoms with van der Waals surface area (Å²) in [7, 11) is 0. The summed E-state index contributed by atoms with van der Waals surface area (Å²) in [6, 6.07) is 5.80. The molecule has 3 heterocycles. The second kappa shape index (κ2) is 6.48. The van der Waals surface area contributed by atoms with Crippen LogP contribution in [0.5, 0.6) is 0 Å². The molecule has 7 heteroatoms. The van der Waals surface area contributed by atoms with Crippen molar-refractivity contribution in [1.82, 2.24) is 25.3 Å². The zero-order valence-corrected chi connectivity index (χ0v) is 13.6. The van der Waals surface area contributed by atoms with Crippen LogP contribution in [0.2, 0.25) is 0 Å². The van der Waals surface area contributed by atoms with Crippen molar-refractivity contribution in [3.05, 3.63) is 29.6 Å². The van der Waals surface area contributed by atoms with Gasteiger partial charge in [0.1, 0.15) is 5.03 Å². The maximum absolute atomic E-state index is 12.0. The lowest BCUT2D eigenvalue weighted by atomic mass is 10.2. The predicted molar refractivity (Wildman–Crippen MR) is 85.1 cm³/mol. The van der Waals surface area contributed by atoms with Gasteiger partial charge in [-0.3, -0.25) is 4.79 Å². The molecule has 0 saturated carbocycles. The van der Waals surface area contributed by atoms with E-state index >= 15 is 0 Å². The van der Waals surface area contributed by atoms with Crippen LogP contribution in [0.3, 0.4) is 0 Å². The van der Waals surface area contributed by atoms with Crippen molar-refractivity contribution in [2.75, 3.05) is 6.54 Å². The summed E-state index contributed by atoms with van der Waals surface area (Å²) in [5, 5.41) is 16.5. The minimum absolute atomic E-state index is 0.0728. The van der Waals surface area contributed by atoms with Gasteiger partial charge in [-0.1, -0.05) is 18.2 Å². The van der Waals surface area contributed by atoms with Crippen LogP contribution in [0.4, 0.5) is 0 Å². The first-order chi connectivity index (χ1) is 10.6. The van der Waals surface area contributed by atoms with Gasteiger partial charge in [0.05, 0.1) is 10.9 Å². The maximum atomic E-state index is 12.0. The van der Waals surface area contributed by atoms with E-state index < -0.39 is 0 Å². The lowest BCUT2D eigenvalue weighted by Gasteiger charge is -2.11. The first-order valence-electron chi connectivity index (χ1n) is 7.45. The zero-order chi connectivity index (χ0) is 15.5. The van der Waals surface area contributed by atoms with Crippen LogP contribution in [0, 0.1) is 13.8 Å². The second-order valence-corrected chi connectivity index (χ2v) is 6.68. The quantitative estimate of drug-likeness (QED) is 0.938. The largest absolute Gasteiger partial charge is 0.355 e. The molecule has 116 valence electrons. The average molecular weight is 317 g/mol. The van der Waals surface area contributed by atoms with Crippen molar-refractivity contribution in [3.63, 3.8) is 0 Å². The van der Waals surface area contributed by atoms with E-state index in [1.807, 2.05) is 32.0 Å². The third kappa shape index (κ3) is 3.30. The van der Waals surface area contributed by atoms with Crippen molar-refractivity contribution in [3.8, 4) is 5.82 Å². The highest BCUT2D eigenvalue weighted by atomic mass is 32.2. The topological polar surface area (TPSA) is 72.7 Å². The van der Waals surface area contributed by atoms with Gasteiger partial charge in [0.2, 0.25) is 5.91 Å². The molecule has 1 saturated heterocycles. The third-order valence-corrected chi connectivity index (χ3v) is 4.79. The number of aromatic nitrogens is 4. The van der Waals surface area contributed by atoms with E-state index in [2.05, 4.69) is 20.6 Å². The van der Waals surface area contributed by atoms with Gasteiger partial charge in [-0.2, -0.15) is 5.10 Å². The molecular formula is C15H19N5OS. The minimum Gasteiger partial charge on any atom is -0.355 e. The van der Waals surface area contributed by atoms with Crippen LogP contribution in [-0.4, -0.2) is 37.7 Å². The predicted octanol–water partition coefficient (Wildman–Crippen LogP) is 2.04. The fraction of sp³-hybridized carbons (Fsp3) is 0.467. The summed E-state index contributed by atoms with van der Waals surface area (Å²) in [6.07, 6.45) is 3.00. The SMILES string of the molecule is Cc1cc(C)n(-c2ccc(S[C@@H]3CCCCNC3=O)nn2)n1. The zero-order valence-electron chi connectivity index (χ0n) is 12.7. The van der Waals surface area contributed by atoms with Crippen LogP contribution in [-0.2, 0) is 4.79 Å². The van der Waals surface area contributed by atoms with Crippen molar-refractivity contribution in [2.45, 2.75) is 43.4 Å². The Morgan fingerprint density at radius 1 is 1.27 bits per heavy atom. The van der Waals surface area contributed by atoms with Gasteiger partial charge in [0.25, 0.3) is 0 Å². The minimum atomic E-state index is -0.0728. The number of carbonyl (C=O) groups is 1. The van der Waals surface area contributed by atoms with Crippen LogP contribution in [0.25, 0.3) is 5.82 Å². The van der Waals surface area contributed by atoms with E-state index in [4.69, 9.17) is 0 Å². The first kappa shape index (κ1) is 15.0. The summed E-state index contributed by atoms with van der Waals surface area (Å²) >= 11 is 1.48. The molecule has 0 aliphatic carbocycles. The smallest absolute Gasteiger partial charge is 0.233 e. The van der Waals surface area contributed by atoms with E-state index in [9.17, 15) is 4.79 Å². The summed E-state index contributed by atoms with van der Waals surface area (Å²) in [5.41, 5.74) is 1.98. The Kier molecular flexibility index (Phi) is 4.42. The molecule has 3 rings (SSSR count). The van der Waals surface area contributed by atoms with E-state index in [0.717, 1.165) is 42.2 Å². The lowest BCUT2D eigenvalue weighted by Crippen LogP contribution is -2.30. The number of nitrogens with one attached hydrogen (secondary N) is 1. The number of carbonyl (C=O) groups excluding carboxylic acids is 1. The number of thioether (sulfide) groups is 1. The standard InChI is InChI=1S/C15H19N5OS/c1-10-9-11(2)20(19-10)13-6-7-14(18-17-13)22-12-5-3-4-8-16-15(12)21/h6-7,9,12H,3-5,8H2,1-2H3,(H,16,21)/t12-/m1/s1. The van der Waals surface area contributed by atoms with E-state index in [1.165, 1.54) is 11.8 Å². The third-order valence-electron chi connectivity index (χ3n) is 3.60. The molecule has 1 fully saturated rings. The fourth-order valence-electron chi connectivity index (χ4n) is 2.52. The molecule has 1 aliphatic heterocycles. The molecule has 1 amide bonds. The van der Waals surface area contributed by atoms with Crippen molar-refractivity contribution >= 4 is 17.7 Å². The molecule has 1 atom stereocenters. The Bertz CT molecular complexity index is 667. The fourth-order valence-corrected chi connectivity index (χ4v) is 3.52. The summed E-state index contributed by atoms with van der Waals surface area (Å²) in [6.45, 7) is 4.71. The number of rotatable bonds is 3. The number of nitrogens with zero attached hydrogens (tertiary/aromatic N) is 4. The normalized spacial score (nSPS) is 18.8. The monoisotopic (exact) mass is 317 g/mol. The van der Waals surface area contributed by atoms with Crippen LogP contribution >= 0.6 is 11.8 Å². The van der Waals surface area contributed by atoms with Crippen LogP contribution in [0.1, 0.15) is 30.7 Å². The van der Waals surface area contributed by atoms with Crippen LogP contribution < -0.4 is 5.32 Å². The molecule has 0 unspecified atom stereocenters. The molecule has 2 aromatic heterocycles. The Balaban J connectivity index is 1.74. The lowest BCUT2D eigenvalue weighted by molar-refractivity contribution is -0.120. The van der Waals surface area contributed by atoms with Crippen molar-refractivity contribution in [2.24, 2.45) is 0 Å². The van der Waals surface area contributed by atoms with Gasteiger partial charge in [-0.25, -0.2) is 4.68 Å². The van der Waals surface area contributed by atoms with Crippen LogP contribution in [0.15, 0.2) is 23.2 Å². The molecule has 0 aromatic carbocycles. The Hall–Kier alpha value is -1.89. The molecule has 1 aliphatic rings.